The molecule has 47 heavy (non-hydrogen) atoms. The molecule has 0 fully saturated rings. The zero-order valence-corrected chi connectivity index (χ0v) is 25.5. The van der Waals surface area contributed by atoms with Crippen molar-refractivity contribution in [3.8, 4) is 50.6 Å². The molecule has 220 valence electrons. The lowest BCUT2D eigenvalue weighted by Gasteiger charge is -2.15. The molecule has 0 aliphatic heterocycles. The minimum atomic E-state index is 0.855. The lowest BCUT2D eigenvalue weighted by atomic mass is 9.90. The standard InChI is InChI=1S/C43H28N4/c1-3-12-29(13-4-1)41-42-40(21-23-45-41)47(35-16-5-2-6-17-35)43(46-42)34-25-32(31-15-11-22-44-28-31)24-33(26-34)39-27-30-14-7-8-18-36(30)37-19-9-10-20-38(37)39/h1-28H. The average Bonchev–Trinajstić information content (AvgIpc) is 3.55. The van der Waals surface area contributed by atoms with Crippen LogP contribution in [0.1, 0.15) is 0 Å². The van der Waals surface area contributed by atoms with Crippen molar-refractivity contribution >= 4 is 32.6 Å². The first-order valence-corrected chi connectivity index (χ1v) is 15.8. The number of aromatic nitrogens is 4. The Kier molecular flexibility index (Phi) is 6.43. The lowest BCUT2D eigenvalue weighted by molar-refractivity contribution is 1.10. The third-order valence-electron chi connectivity index (χ3n) is 8.90. The van der Waals surface area contributed by atoms with Crippen LogP contribution in [0.15, 0.2) is 170 Å². The smallest absolute Gasteiger partial charge is 0.145 e. The van der Waals surface area contributed by atoms with Gasteiger partial charge in [-0.05, 0) is 86.8 Å². The van der Waals surface area contributed by atoms with Gasteiger partial charge in [-0.1, -0.05) is 103 Å². The molecule has 9 aromatic rings. The second-order valence-electron chi connectivity index (χ2n) is 11.7. The number of hydrogen-bond donors (Lipinski definition) is 0. The van der Waals surface area contributed by atoms with Gasteiger partial charge in [0.25, 0.3) is 0 Å². The molecule has 0 amide bonds. The summed E-state index contributed by atoms with van der Waals surface area (Å²) in [5.41, 5.74) is 10.3. The van der Waals surface area contributed by atoms with Crippen molar-refractivity contribution in [3.05, 3.63) is 170 Å². The highest BCUT2D eigenvalue weighted by Gasteiger charge is 2.20. The van der Waals surface area contributed by atoms with Gasteiger partial charge in [-0.25, -0.2) is 4.98 Å². The van der Waals surface area contributed by atoms with Crippen LogP contribution in [0.25, 0.3) is 83.2 Å². The van der Waals surface area contributed by atoms with E-state index in [0.717, 1.165) is 56.1 Å². The first-order chi connectivity index (χ1) is 23.3. The van der Waals surface area contributed by atoms with E-state index in [0.29, 0.717) is 0 Å². The van der Waals surface area contributed by atoms with E-state index in [4.69, 9.17) is 9.97 Å². The number of pyridine rings is 2. The minimum Gasteiger partial charge on any atom is -0.292 e. The summed E-state index contributed by atoms with van der Waals surface area (Å²) in [7, 11) is 0. The maximum Gasteiger partial charge on any atom is 0.145 e. The van der Waals surface area contributed by atoms with Crippen LogP contribution in [0.4, 0.5) is 0 Å². The number of nitrogens with zero attached hydrogens (tertiary/aromatic N) is 4. The molecule has 0 saturated carbocycles. The summed E-state index contributed by atoms with van der Waals surface area (Å²) in [6.07, 6.45) is 5.63. The molecule has 0 spiro atoms. The van der Waals surface area contributed by atoms with Gasteiger partial charge in [0.05, 0.1) is 11.2 Å². The maximum atomic E-state index is 5.40. The van der Waals surface area contributed by atoms with Gasteiger partial charge in [0, 0.05) is 41.0 Å². The van der Waals surface area contributed by atoms with Gasteiger partial charge in [-0.15, -0.1) is 0 Å². The van der Waals surface area contributed by atoms with Crippen LogP contribution in [0, 0.1) is 0 Å². The largest absolute Gasteiger partial charge is 0.292 e. The second kappa shape index (κ2) is 11.2. The van der Waals surface area contributed by atoms with Crippen molar-refractivity contribution in [2.75, 3.05) is 0 Å². The van der Waals surface area contributed by atoms with E-state index >= 15 is 0 Å². The molecule has 9 rings (SSSR count). The summed E-state index contributed by atoms with van der Waals surface area (Å²) in [4.78, 5) is 14.7. The van der Waals surface area contributed by atoms with Gasteiger partial charge < -0.3 is 0 Å². The van der Waals surface area contributed by atoms with Crippen molar-refractivity contribution in [3.63, 3.8) is 0 Å². The van der Waals surface area contributed by atoms with Crippen molar-refractivity contribution < 1.29 is 0 Å². The highest BCUT2D eigenvalue weighted by atomic mass is 15.1. The van der Waals surface area contributed by atoms with Gasteiger partial charge in [0.2, 0.25) is 0 Å². The van der Waals surface area contributed by atoms with Crippen molar-refractivity contribution in [1.82, 2.24) is 19.5 Å². The topological polar surface area (TPSA) is 43.6 Å². The Hall–Kier alpha value is -6.39. The van der Waals surface area contributed by atoms with Crippen LogP contribution in [-0.4, -0.2) is 19.5 Å². The molecule has 4 heteroatoms. The monoisotopic (exact) mass is 600 g/mol. The lowest BCUT2D eigenvalue weighted by Crippen LogP contribution is -1.98. The van der Waals surface area contributed by atoms with Crippen LogP contribution in [-0.2, 0) is 0 Å². The summed E-state index contributed by atoms with van der Waals surface area (Å²) in [5.74, 6) is 0.855. The molecule has 0 unspecified atom stereocenters. The van der Waals surface area contributed by atoms with E-state index in [1.165, 1.54) is 27.1 Å². The van der Waals surface area contributed by atoms with E-state index < -0.39 is 0 Å². The molecular weight excluding hydrogens is 573 g/mol. The first kappa shape index (κ1) is 27.0. The Morgan fingerprint density at radius 2 is 1.15 bits per heavy atom. The Labute approximate surface area is 272 Å². The van der Waals surface area contributed by atoms with Gasteiger partial charge >= 0.3 is 0 Å². The molecule has 0 radical (unpaired) electrons. The number of hydrogen-bond acceptors (Lipinski definition) is 3. The fourth-order valence-corrected chi connectivity index (χ4v) is 6.75. The van der Waals surface area contributed by atoms with Crippen molar-refractivity contribution in [2.24, 2.45) is 0 Å². The molecule has 0 bridgehead atoms. The molecule has 6 aromatic carbocycles. The zero-order valence-electron chi connectivity index (χ0n) is 25.5. The number of para-hydroxylation sites is 1. The summed E-state index contributed by atoms with van der Waals surface area (Å²) in [5, 5.41) is 4.92. The summed E-state index contributed by atoms with van der Waals surface area (Å²) in [6.45, 7) is 0. The SMILES string of the molecule is c1ccc(-c2nccc3c2nc(-c2cc(-c4cccnc4)cc(-c4cc5ccccc5c5ccccc45)c2)n3-c2ccccc2)cc1. The third kappa shape index (κ3) is 4.66. The quantitative estimate of drug-likeness (QED) is 0.185. The summed E-state index contributed by atoms with van der Waals surface area (Å²) in [6, 6.07) is 53.4. The van der Waals surface area contributed by atoms with Crippen LogP contribution >= 0.6 is 0 Å². The summed E-state index contributed by atoms with van der Waals surface area (Å²) >= 11 is 0. The minimum absolute atomic E-state index is 0.855. The highest BCUT2D eigenvalue weighted by Crippen LogP contribution is 2.40. The molecule has 0 atom stereocenters. The highest BCUT2D eigenvalue weighted by molar-refractivity contribution is 6.14. The normalized spacial score (nSPS) is 11.4. The third-order valence-corrected chi connectivity index (χ3v) is 8.90. The van der Waals surface area contributed by atoms with Crippen molar-refractivity contribution in [2.45, 2.75) is 0 Å². The number of imidazole rings is 1. The number of benzene rings is 6. The average molecular weight is 601 g/mol. The Morgan fingerprint density at radius 1 is 0.468 bits per heavy atom. The van der Waals surface area contributed by atoms with E-state index in [9.17, 15) is 0 Å². The number of fused-ring (bicyclic) bond motifs is 4. The Morgan fingerprint density at radius 3 is 1.96 bits per heavy atom. The van der Waals surface area contributed by atoms with E-state index in [-0.39, 0.29) is 0 Å². The first-order valence-electron chi connectivity index (χ1n) is 15.8. The van der Waals surface area contributed by atoms with Crippen LogP contribution < -0.4 is 0 Å². The predicted molar refractivity (Wildman–Crippen MR) is 193 cm³/mol. The van der Waals surface area contributed by atoms with Gasteiger partial charge in [0.15, 0.2) is 0 Å². The Balaban J connectivity index is 1.37. The van der Waals surface area contributed by atoms with Crippen LogP contribution in [0.3, 0.4) is 0 Å². The van der Waals surface area contributed by atoms with Crippen LogP contribution in [0.5, 0.6) is 0 Å². The summed E-state index contributed by atoms with van der Waals surface area (Å²) < 4.78 is 2.26. The maximum absolute atomic E-state index is 5.40. The fourth-order valence-electron chi connectivity index (χ4n) is 6.75. The molecule has 0 N–H and O–H groups in total. The van der Waals surface area contributed by atoms with Gasteiger partial charge in [-0.3, -0.25) is 14.5 Å². The molecule has 0 aliphatic carbocycles. The molecule has 4 nitrogen and oxygen atoms in total. The van der Waals surface area contributed by atoms with E-state index in [2.05, 4.69) is 131 Å². The van der Waals surface area contributed by atoms with E-state index in [1.807, 2.05) is 48.9 Å². The van der Waals surface area contributed by atoms with Crippen LogP contribution in [0.2, 0.25) is 0 Å². The van der Waals surface area contributed by atoms with Gasteiger partial charge in [-0.2, -0.15) is 0 Å². The van der Waals surface area contributed by atoms with Gasteiger partial charge in [0.1, 0.15) is 11.3 Å². The Bertz CT molecular complexity index is 2550. The zero-order chi connectivity index (χ0) is 31.2. The van der Waals surface area contributed by atoms with Crippen molar-refractivity contribution in [1.29, 1.82) is 0 Å². The van der Waals surface area contributed by atoms with E-state index in [1.54, 1.807) is 0 Å². The molecule has 0 saturated heterocycles. The molecule has 0 aliphatic rings. The molecular formula is C43H28N4. The second-order valence-corrected chi connectivity index (χ2v) is 11.7. The fraction of sp³-hybridized carbons (Fsp3) is 0. The molecule has 3 aromatic heterocycles. The molecule has 3 heterocycles. The number of rotatable bonds is 5. The predicted octanol–water partition coefficient (Wildman–Crippen LogP) is 10.8.